The van der Waals surface area contributed by atoms with Crippen LogP contribution < -0.4 is 10.9 Å². The number of aromatic nitrogens is 2. The molecule has 1 atom stereocenters. The molecule has 6 heteroatoms. The maximum absolute atomic E-state index is 11.1. The van der Waals surface area contributed by atoms with Gasteiger partial charge in [-0.2, -0.15) is 0 Å². The summed E-state index contributed by atoms with van der Waals surface area (Å²) in [5, 5.41) is 8.72. The van der Waals surface area contributed by atoms with E-state index >= 15 is 0 Å². The van der Waals surface area contributed by atoms with Gasteiger partial charge in [0.05, 0.1) is 11.7 Å². The number of hydrogen-bond donors (Lipinski definition) is 3. The SMILES string of the molecule is CC(Nc1ccc(-c2cc(=O)[nH][nH]2)cc1)c1ccc(Br)o1. The molecule has 0 amide bonds. The summed E-state index contributed by atoms with van der Waals surface area (Å²) in [7, 11) is 0. The van der Waals surface area contributed by atoms with Crippen LogP contribution in [0.1, 0.15) is 18.7 Å². The van der Waals surface area contributed by atoms with Gasteiger partial charge in [0.15, 0.2) is 4.67 Å². The minimum atomic E-state index is -0.135. The average molecular weight is 348 g/mol. The molecule has 0 aliphatic carbocycles. The van der Waals surface area contributed by atoms with Gasteiger partial charge in [-0.3, -0.25) is 15.0 Å². The van der Waals surface area contributed by atoms with Crippen molar-refractivity contribution < 1.29 is 4.42 Å². The number of hydrogen-bond acceptors (Lipinski definition) is 3. The maximum Gasteiger partial charge on any atom is 0.264 e. The molecular weight excluding hydrogens is 334 g/mol. The van der Waals surface area contributed by atoms with E-state index in [0.29, 0.717) is 0 Å². The largest absolute Gasteiger partial charge is 0.452 e. The Morgan fingerprint density at radius 1 is 1.14 bits per heavy atom. The molecule has 3 aromatic rings. The van der Waals surface area contributed by atoms with Crippen molar-refractivity contribution >= 4 is 21.6 Å². The third kappa shape index (κ3) is 3.11. The van der Waals surface area contributed by atoms with E-state index in [1.807, 2.05) is 43.3 Å². The lowest BCUT2D eigenvalue weighted by atomic mass is 10.1. The van der Waals surface area contributed by atoms with Crippen LogP contribution in [0, 0.1) is 0 Å². The van der Waals surface area contributed by atoms with Gasteiger partial charge >= 0.3 is 0 Å². The highest BCUT2D eigenvalue weighted by Gasteiger charge is 2.09. The van der Waals surface area contributed by atoms with E-state index < -0.39 is 0 Å². The van der Waals surface area contributed by atoms with Gasteiger partial charge in [-0.1, -0.05) is 12.1 Å². The van der Waals surface area contributed by atoms with Crippen LogP contribution in [0.15, 0.2) is 56.3 Å². The van der Waals surface area contributed by atoms with Gasteiger partial charge in [0.1, 0.15) is 5.76 Å². The van der Waals surface area contributed by atoms with Gasteiger partial charge in [0.2, 0.25) is 0 Å². The van der Waals surface area contributed by atoms with E-state index in [1.165, 1.54) is 6.07 Å². The van der Waals surface area contributed by atoms with Crippen LogP contribution in [0.4, 0.5) is 5.69 Å². The van der Waals surface area contributed by atoms with Crippen molar-refractivity contribution in [1.82, 2.24) is 10.2 Å². The molecule has 0 saturated heterocycles. The number of aromatic amines is 2. The number of nitrogens with one attached hydrogen (secondary N) is 3. The average Bonchev–Trinajstić information content (AvgIpc) is 3.08. The Hall–Kier alpha value is -2.21. The highest BCUT2D eigenvalue weighted by Crippen LogP contribution is 2.25. The number of furan rings is 1. The van der Waals surface area contributed by atoms with Crippen molar-refractivity contribution in [3.05, 3.63) is 63.2 Å². The highest BCUT2D eigenvalue weighted by molar-refractivity contribution is 9.10. The highest BCUT2D eigenvalue weighted by atomic mass is 79.9. The Morgan fingerprint density at radius 3 is 2.48 bits per heavy atom. The molecule has 3 rings (SSSR count). The molecule has 108 valence electrons. The van der Waals surface area contributed by atoms with Gasteiger partial charge in [-0.15, -0.1) is 0 Å². The van der Waals surface area contributed by atoms with Gasteiger partial charge in [0.25, 0.3) is 5.56 Å². The van der Waals surface area contributed by atoms with Crippen LogP contribution in [0.2, 0.25) is 0 Å². The second-order valence-electron chi connectivity index (χ2n) is 4.76. The van der Waals surface area contributed by atoms with Crippen molar-refractivity contribution in [1.29, 1.82) is 0 Å². The molecule has 0 aliphatic heterocycles. The molecule has 0 spiro atoms. The van der Waals surface area contributed by atoms with Crippen LogP contribution >= 0.6 is 15.9 Å². The molecule has 0 fully saturated rings. The Morgan fingerprint density at radius 2 is 1.90 bits per heavy atom. The summed E-state index contributed by atoms with van der Waals surface area (Å²) in [5.74, 6) is 0.862. The summed E-state index contributed by atoms with van der Waals surface area (Å²) in [6.45, 7) is 2.03. The Balaban J connectivity index is 1.74. The van der Waals surface area contributed by atoms with Gasteiger partial charge < -0.3 is 9.73 Å². The first-order valence-corrected chi connectivity index (χ1v) is 7.31. The first kappa shape index (κ1) is 13.8. The van der Waals surface area contributed by atoms with Crippen LogP contribution in [0.3, 0.4) is 0 Å². The summed E-state index contributed by atoms with van der Waals surface area (Å²) in [6, 6.07) is 13.2. The molecule has 2 heterocycles. The lowest BCUT2D eigenvalue weighted by Gasteiger charge is -2.13. The molecule has 0 bridgehead atoms. The van der Waals surface area contributed by atoms with E-state index in [1.54, 1.807) is 0 Å². The Bertz CT molecular complexity index is 786. The lowest BCUT2D eigenvalue weighted by molar-refractivity contribution is 0.471. The number of anilines is 1. The first-order valence-electron chi connectivity index (χ1n) is 6.52. The monoisotopic (exact) mass is 347 g/mol. The van der Waals surface area contributed by atoms with Crippen LogP contribution in [0.25, 0.3) is 11.3 Å². The fourth-order valence-corrected chi connectivity index (χ4v) is 2.43. The fourth-order valence-electron chi connectivity index (χ4n) is 2.12. The second kappa shape index (κ2) is 5.65. The molecule has 0 radical (unpaired) electrons. The van der Waals surface area contributed by atoms with Crippen molar-refractivity contribution in [2.45, 2.75) is 13.0 Å². The Labute approximate surface area is 129 Å². The molecule has 1 unspecified atom stereocenters. The maximum atomic E-state index is 11.1. The topological polar surface area (TPSA) is 73.8 Å². The summed E-state index contributed by atoms with van der Waals surface area (Å²) >= 11 is 3.30. The zero-order valence-corrected chi connectivity index (χ0v) is 12.9. The predicted molar refractivity (Wildman–Crippen MR) is 85.3 cm³/mol. The quantitative estimate of drug-likeness (QED) is 0.670. The number of rotatable bonds is 4. The third-order valence-electron chi connectivity index (χ3n) is 3.20. The first-order chi connectivity index (χ1) is 10.1. The van der Waals surface area contributed by atoms with Crippen LogP contribution in [-0.2, 0) is 0 Å². The summed E-state index contributed by atoms with van der Waals surface area (Å²) in [6.07, 6.45) is 0. The molecule has 3 N–H and O–H groups in total. The van der Waals surface area contributed by atoms with Crippen LogP contribution in [0.5, 0.6) is 0 Å². The van der Waals surface area contributed by atoms with E-state index in [0.717, 1.165) is 27.4 Å². The second-order valence-corrected chi connectivity index (χ2v) is 5.54. The van der Waals surface area contributed by atoms with Crippen molar-refractivity contribution in [3.8, 4) is 11.3 Å². The Kier molecular flexibility index (Phi) is 3.70. The van der Waals surface area contributed by atoms with E-state index in [-0.39, 0.29) is 11.6 Å². The normalized spacial score (nSPS) is 12.3. The number of benzene rings is 1. The van der Waals surface area contributed by atoms with Crippen molar-refractivity contribution in [2.24, 2.45) is 0 Å². The zero-order valence-electron chi connectivity index (χ0n) is 11.3. The smallest absolute Gasteiger partial charge is 0.264 e. The van der Waals surface area contributed by atoms with E-state index in [2.05, 4.69) is 31.4 Å². The molecule has 2 aromatic heterocycles. The van der Waals surface area contributed by atoms with Crippen molar-refractivity contribution in [3.63, 3.8) is 0 Å². The lowest BCUT2D eigenvalue weighted by Crippen LogP contribution is -2.05. The molecule has 0 saturated carbocycles. The minimum Gasteiger partial charge on any atom is -0.452 e. The molecule has 1 aromatic carbocycles. The summed E-state index contributed by atoms with van der Waals surface area (Å²) < 4.78 is 6.24. The predicted octanol–water partition coefficient (Wildman–Crippen LogP) is 3.90. The fraction of sp³-hybridized carbons (Fsp3) is 0.133. The molecule has 0 aliphatic rings. The number of halogens is 1. The minimum absolute atomic E-state index is 0.0641. The van der Waals surface area contributed by atoms with E-state index in [9.17, 15) is 4.79 Å². The molecular formula is C15H14BrN3O2. The standard InChI is InChI=1S/C15H14BrN3O2/c1-9(13-6-7-14(16)21-13)17-11-4-2-10(3-5-11)12-8-15(20)19-18-12/h2-9,17H,1H3,(H2,18,19,20). The zero-order chi connectivity index (χ0) is 14.8. The summed E-state index contributed by atoms with van der Waals surface area (Å²) in [4.78, 5) is 11.1. The van der Waals surface area contributed by atoms with Crippen molar-refractivity contribution in [2.75, 3.05) is 5.32 Å². The molecule has 5 nitrogen and oxygen atoms in total. The third-order valence-corrected chi connectivity index (χ3v) is 3.62. The van der Waals surface area contributed by atoms with Gasteiger partial charge in [-0.25, -0.2) is 0 Å². The molecule has 21 heavy (non-hydrogen) atoms. The van der Waals surface area contributed by atoms with Crippen LogP contribution in [-0.4, -0.2) is 10.2 Å². The number of H-pyrrole nitrogens is 2. The van der Waals surface area contributed by atoms with E-state index in [4.69, 9.17) is 4.42 Å². The van der Waals surface area contributed by atoms with Gasteiger partial charge in [-0.05, 0) is 52.7 Å². The van der Waals surface area contributed by atoms with Gasteiger partial charge in [0, 0.05) is 11.8 Å². The summed E-state index contributed by atoms with van der Waals surface area (Å²) in [5.41, 5.74) is 2.57.